The van der Waals surface area contributed by atoms with Gasteiger partial charge in [-0.2, -0.15) is 0 Å². The second kappa shape index (κ2) is 7.06. The summed E-state index contributed by atoms with van der Waals surface area (Å²) in [4.78, 5) is 10.8. The van der Waals surface area contributed by atoms with Crippen LogP contribution in [0, 0.1) is 0 Å². The molecule has 98 valence electrons. The maximum absolute atomic E-state index is 10.8. The summed E-state index contributed by atoms with van der Waals surface area (Å²) in [5.74, 6) is -0.129. The number of hydrogen-bond donors (Lipinski definition) is 2. The number of methoxy groups -OCH3 is 1. The van der Waals surface area contributed by atoms with Crippen LogP contribution >= 0.6 is 15.9 Å². The number of carboxylic acid groups (broad SMARTS) is 1. The Morgan fingerprint density at radius 1 is 1.50 bits per heavy atom. The molecule has 0 unspecified atom stereocenters. The number of aliphatic carboxylic acids is 1. The number of rotatable bonds is 6. The number of nitrogens with one attached hydrogen (secondary N) is 1. The monoisotopic (exact) mass is 313 g/mol. The molecule has 0 aliphatic heterocycles. The van der Waals surface area contributed by atoms with E-state index in [1.807, 2.05) is 25.1 Å². The molecule has 5 heteroatoms. The third-order valence-electron chi connectivity index (χ3n) is 2.42. The second-order valence-electron chi connectivity index (χ2n) is 3.65. The number of halogens is 1. The zero-order valence-electron chi connectivity index (χ0n) is 10.4. The van der Waals surface area contributed by atoms with Gasteiger partial charge in [0.2, 0.25) is 0 Å². The van der Waals surface area contributed by atoms with Crippen molar-refractivity contribution in [3.05, 3.63) is 34.3 Å². The summed E-state index contributed by atoms with van der Waals surface area (Å²) in [5, 5.41) is 12.0. The van der Waals surface area contributed by atoms with Crippen molar-refractivity contribution in [3.63, 3.8) is 0 Å². The van der Waals surface area contributed by atoms with Crippen molar-refractivity contribution in [2.24, 2.45) is 0 Å². The van der Waals surface area contributed by atoms with E-state index < -0.39 is 5.97 Å². The van der Waals surface area contributed by atoms with Gasteiger partial charge in [-0.25, -0.2) is 4.79 Å². The van der Waals surface area contributed by atoms with Crippen LogP contribution < -0.4 is 10.1 Å². The average Bonchev–Trinajstić information content (AvgIpc) is 2.33. The molecule has 0 aliphatic carbocycles. The Morgan fingerprint density at radius 2 is 2.22 bits per heavy atom. The summed E-state index contributed by atoms with van der Waals surface area (Å²) in [6.07, 6.45) is 2.19. The molecule has 18 heavy (non-hydrogen) atoms. The van der Waals surface area contributed by atoms with Crippen LogP contribution in [0.2, 0.25) is 0 Å². The molecule has 0 heterocycles. The van der Waals surface area contributed by atoms with E-state index in [1.165, 1.54) is 0 Å². The van der Waals surface area contributed by atoms with Crippen LogP contribution in [0.3, 0.4) is 0 Å². The molecule has 0 aromatic heterocycles. The van der Waals surface area contributed by atoms with Crippen molar-refractivity contribution in [2.45, 2.75) is 13.3 Å². The Morgan fingerprint density at radius 3 is 2.78 bits per heavy atom. The summed E-state index contributed by atoms with van der Waals surface area (Å²) in [7, 11) is 1.60. The average molecular weight is 314 g/mol. The van der Waals surface area contributed by atoms with Gasteiger partial charge in [0.15, 0.2) is 0 Å². The lowest BCUT2D eigenvalue weighted by Crippen LogP contribution is -2.04. The summed E-state index contributed by atoms with van der Waals surface area (Å²) in [5.41, 5.74) is 1.28. The number of anilines is 1. The largest absolute Gasteiger partial charge is 0.497 e. The first-order valence-electron chi connectivity index (χ1n) is 5.57. The van der Waals surface area contributed by atoms with Crippen molar-refractivity contribution < 1.29 is 14.6 Å². The minimum absolute atomic E-state index is 0.407. The Labute approximate surface area is 115 Å². The molecule has 1 aromatic carbocycles. The fraction of sp³-hybridized carbons (Fsp3) is 0.308. The van der Waals surface area contributed by atoms with Crippen LogP contribution in [0.1, 0.15) is 13.3 Å². The first-order chi connectivity index (χ1) is 8.56. The normalized spacial score (nSPS) is 11.2. The molecule has 0 saturated carbocycles. The lowest BCUT2D eigenvalue weighted by molar-refractivity contribution is -0.132. The number of hydrogen-bond acceptors (Lipinski definition) is 3. The zero-order valence-corrected chi connectivity index (χ0v) is 12.0. The molecule has 0 amide bonds. The summed E-state index contributed by atoms with van der Waals surface area (Å²) in [6.45, 7) is 2.29. The Hall–Kier alpha value is -1.49. The lowest BCUT2D eigenvalue weighted by Gasteiger charge is -2.07. The van der Waals surface area contributed by atoms with E-state index in [4.69, 9.17) is 9.84 Å². The van der Waals surface area contributed by atoms with Crippen LogP contribution in [-0.4, -0.2) is 24.7 Å². The molecule has 0 spiro atoms. The lowest BCUT2D eigenvalue weighted by atomic mass is 10.2. The maximum atomic E-state index is 10.8. The minimum atomic E-state index is -0.869. The highest BCUT2D eigenvalue weighted by Crippen LogP contribution is 2.24. The third kappa shape index (κ3) is 4.41. The van der Waals surface area contributed by atoms with E-state index in [0.29, 0.717) is 18.5 Å². The summed E-state index contributed by atoms with van der Waals surface area (Å²) >= 11 is 3.38. The van der Waals surface area contributed by atoms with Crippen LogP contribution in [0.25, 0.3) is 0 Å². The van der Waals surface area contributed by atoms with E-state index in [2.05, 4.69) is 21.2 Å². The fourth-order valence-corrected chi connectivity index (χ4v) is 1.93. The zero-order chi connectivity index (χ0) is 13.5. The molecule has 1 aromatic rings. The van der Waals surface area contributed by atoms with Gasteiger partial charge < -0.3 is 15.2 Å². The number of benzene rings is 1. The quantitative estimate of drug-likeness (QED) is 0.791. The van der Waals surface area contributed by atoms with Crippen molar-refractivity contribution >= 4 is 27.6 Å². The molecule has 0 bridgehead atoms. The highest BCUT2D eigenvalue weighted by atomic mass is 79.9. The van der Waals surface area contributed by atoms with Crippen LogP contribution in [0.15, 0.2) is 34.3 Å². The summed E-state index contributed by atoms with van der Waals surface area (Å²) in [6, 6.07) is 5.61. The Balaban J connectivity index is 2.69. The summed E-state index contributed by atoms with van der Waals surface area (Å²) < 4.78 is 6.05. The van der Waals surface area contributed by atoms with Crippen molar-refractivity contribution in [1.82, 2.24) is 0 Å². The number of carboxylic acids is 1. The van der Waals surface area contributed by atoms with Crippen LogP contribution in [0.5, 0.6) is 5.75 Å². The van der Waals surface area contributed by atoms with Gasteiger partial charge in [0.25, 0.3) is 0 Å². The molecule has 4 nitrogen and oxygen atoms in total. The predicted molar refractivity (Wildman–Crippen MR) is 75.2 cm³/mol. The van der Waals surface area contributed by atoms with Gasteiger partial charge in [-0.15, -0.1) is 0 Å². The first kappa shape index (κ1) is 14.6. The van der Waals surface area contributed by atoms with Gasteiger partial charge in [-0.1, -0.05) is 28.9 Å². The SMILES string of the molecule is CC/C(=C/CNc1cc(Br)cc(OC)c1)C(=O)O. The molecule has 0 fully saturated rings. The van der Waals surface area contributed by atoms with E-state index in [-0.39, 0.29) is 0 Å². The molecule has 2 N–H and O–H groups in total. The molecule has 0 atom stereocenters. The topological polar surface area (TPSA) is 58.6 Å². The molecule has 1 rings (SSSR count). The third-order valence-corrected chi connectivity index (χ3v) is 2.88. The van der Waals surface area contributed by atoms with Crippen molar-refractivity contribution in [3.8, 4) is 5.75 Å². The predicted octanol–water partition coefficient (Wildman–Crippen LogP) is 3.29. The fourth-order valence-electron chi connectivity index (χ4n) is 1.46. The van der Waals surface area contributed by atoms with Crippen LogP contribution in [0.4, 0.5) is 5.69 Å². The Kier molecular flexibility index (Phi) is 5.71. The standard InChI is InChI=1S/C13H16BrNO3/c1-3-9(13(16)17)4-5-15-11-6-10(14)7-12(8-11)18-2/h4,6-8,15H,3,5H2,1-2H3,(H,16,17)/b9-4-. The maximum Gasteiger partial charge on any atom is 0.331 e. The molecule has 0 saturated heterocycles. The van der Waals surface area contributed by atoms with E-state index in [9.17, 15) is 4.79 Å². The van der Waals surface area contributed by atoms with E-state index in [1.54, 1.807) is 13.2 Å². The van der Waals surface area contributed by atoms with Gasteiger partial charge >= 0.3 is 5.97 Å². The number of carbonyl (C=O) groups is 1. The first-order valence-corrected chi connectivity index (χ1v) is 6.37. The van der Waals surface area contributed by atoms with E-state index in [0.717, 1.165) is 15.9 Å². The number of ether oxygens (including phenoxy) is 1. The van der Waals surface area contributed by atoms with Gasteiger partial charge in [-0.3, -0.25) is 0 Å². The molecule has 0 aliphatic rings. The van der Waals surface area contributed by atoms with E-state index >= 15 is 0 Å². The van der Waals surface area contributed by atoms with Gasteiger partial charge in [-0.05, 0) is 18.6 Å². The van der Waals surface area contributed by atoms with Gasteiger partial charge in [0.1, 0.15) is 5.75 Å². The molecular weight excluding hydrogens is 298 g/mol. The highest BCUT2D eigenvalue weighted by molar-refractivity contribution is 9.10. The second-order valence-corrected chi connectivity index (χ2v) is 4.56. The highest BCUT2D eigenvalue weighted by Gasteiger charge is 2.03. The smallest absolute Gasteiger partial charge is 0.331 e. The van der Waals surface area contributed by atoms with Crippen LogP contribution in [-0.2, 0) is 4.79 Å². The van der Waals surface area contributed by atoms with Gasteiger partial charge in [0, 0.05) is 28.3 Å². The minimum Gasteiger partial charge on any atom is -0.497 e. The Bertz CT molecular complexity index is 458. The molecular formula is C13H16BrNO3. The molecule has 0 radical (unpaired) electrons. The van der Waals surface area contributed by atoms with Crippen molar-refractivity contribution in [1.29, 1.82) is 0 Å². The van der Waals surface area contributed by atoms with Gasteiger partial charge in [0.05, 0.1) is 7.11 Å². The van der Waals surface area contributed by atoms with Crippen molar-refractivity contribution in [2.75, 3.05) is 19.0 Å².